The van der Waals surface area contributed by atoms with Gasteiger partial charge in [0.15, 0.2) is 5.76 Å². The summed E-state index contributed by atoms with van der Waals surface area (Å²) in [5.74, 6) is -0.425. The van der Waals surface area contributed by atoms with Crippen LogP contribution < -0.4 is 14.7 Å². The topological polar surface area (TPSA) is 57.0 Å². The maximum absolute atomic E-state index is 14.0. The van der Waals surface area contributed by atoms with Crippen molar-refractivity contribution in [3.05, 3.63) is 64.2 Å². The van der Waals surface area contributed by atoms with Gasteiger partial charge in [-0.05, 0) is 31.7 Å². The fourth-order valence-corrected chi connectivity index (χ4v) is 3.83. The highest BCUT2D eigenvalue weighted by molar-refractivity contribution is 6.15. The Balaban J connectivity index is 1.69. The molecule has 0 aliphatic carbocycles. The summed E-state index contributed by atoms with van der Waals surface area (Å²) in [5.41, 5.74) is 1.83. The number of ether oxygens (including phenoxy) is 1. The van der Waals surface area contributed by atoms with Crippen molar-refractivity contribution in [1.82, 2.24) is 4.90 Å². The number of likely N-dealkylation sites (N-methyl/N-ethyl adjacent to an activating group) is 1. The summed E-state index contributed by atoms with van der Waals surface area (Å²) in [5, 5.41) is 12.7. The number of hydrogen-bond donors (Lipinski definition) is 1. The van der Waals surface area contributed by atoms with Crippen LogP contribution in [0.4, 0.5) is 4.39 Å². The Labute approximate surface area is 163 Å². The minimum atomic E-state index is -0.425. The fourth-order valence-electron chi connectivity index (χ4n) is 3.83. The Kier molecular flexibility index (Phi) is 4.91. The van der Waals surface area contributed by atoms with Crippen LogP contribution >= 0.6 is 0 Å². The van der Waals surface area contributed by atoms with Gasteiger partial charge >= 0.3 is 0 Å². The highest BCUT2D eigenvalue weighted by Gasteiger charge is 2.33. The zero-order valence-electron chi connectivity index (χ0n) is 16.0. The zero-order valence-corrected chi connectivity index (χ0v) is 16.0. The number of hydrogen-bond acceptors (Lipinski definition) is 4. The fraction of sp³-hybridized carbons (Fsp3) is 0.318. The second kappa shape index (κ2) is 7.37. The number of allylic oxidation sites excluding steroid dienone is 1. The van der Waals surface area contributed by atoms with Crippen molar-refractivity contribution >= 4 is 11.9 Å². The van der Waals surface area contributed by atoms with Gasteiger partial charge in [-0.25, -0.2) is 4.39 Å². The van der Waals surface area contributed by atoms with Crippen LogP contribution in [0.25, 0.3) is 6.08 Å². The number of Topliss-reactive ketones (excluding diaryl/α,β-unsaturated/α-hetero) is 1. The highest BCUT2D eigenvalue weighted by atomic mass is 19.1. The number of halogens is 1. The van der Waals surface area contributed by atoms with Gasteiger partial charge in [-0.3, -0.25) is 9.69 Å². The van der Waals surface area contributed by atoms with Crippen molar-refractivity contribution < 1.29 is 23.9 Å². The van der Waals surface area contributed by atoms with E-state index in [4.69, 9.17) is 4.74 Å². The van der Waals surface area contributed by atoms with E-state index < -0.39 is 5.82 Å². The minimum absolute atomic E-state index is 0.0587. The van der Waals surface area contributed by atoms with Crippen molar-refractivity contribution in [3.8, 4) is 11.5 Å². The molecule has 0 spiro atoms. The van der Waals surface area contributed by atoms with Crippen molar-refractivity contribution in [2.24, 2.45) is 0 Å². The van der Waals surface area contributed by atoms with Gasteiger partial charge in [0.25, 0.3) is 0 Å². The van der Waals surface area contributed by atoms with Gasteiger partial charge in [0.1, 0.15) is 18.1 Å². The molecule has 1 saturated heterocycles. The van der Waals surface area contributed by atoms with Crippen LogP contribution in [0, 0.1) is 12.7 Å². The molecule has 0 unspecified atom stereocenters. The molecule has 0 aromatic heterocycles. The predicted molar refractivity (Wildman–Crippen MR) is 102 cm³/mol. The number of nitrogens with zero attached hydrogens (tertiary/aromatic N) is 1. The SMILES string of the molecule is Cc1cc([O-])c(C[NH+]2CCN(C)CC2)c2c1C(=O)C(=Cc1ccccc1F)O2. The largest absolute Gasteiger partial charge is 0.872 e. The number of piperazine rings is 1. The molecule has 2 aliphatic heterocycles. The molecule has 0 radical (unpaired) electrons. The molecule has 2 heterocycles. The molecule has 0 bridgehead atoms. The molecule has 6 heteroatoms. The van der Waals surface area contributed by atoms with E-state index in [1.807, 2.05) is 0 Å². The molecule has 0 atom stereocenters. The van der Waals surface area contributed by atoms with Crippen LogP contribution in [-0.2, 0) is 6.54 Å². The maximum Gasteiger partial charge on any atom is 0.232 e. The van der Waals surface area contributed by atoms with Gasteiger partial charge in [-0.2, -0.15) is 0 Å². The number of nitrogens with one attached hydrogen (secondary N) is 1. The molecule has 1 N–H and O–H groups in total. The average molecular weight is 382 g/mol. The molecule has 146 valence electrons. The Morgan fingerprint density at radius 2 is 2.00 bits per heavy atom. The van der Waals surface area contributed by atoms with Crippen molar-refractivity contribution in [3.63, 3.8) is 0 Å². The molecule has 2 aromatic rings. The smallest absolute Gasteiger partial charge is 0.232 e. The van der Waals surface area contributed by atoms with E-state index in [2.05, 4.69) is 11.9 Å². The summed E-state index contributed by atoms with van der Waals surface area (Å²) in [7, 11) is 2.08. The first kappa shape index (κ1) is 18.7. The molecule has 0 saturated carbocycles. The monoisotopic (exact) mass is 382 g/mol. The Bertz CT molecular complexity index is 962. The first-order chi connectivity index (χ1) is 13.4. The lowest BCUT2D eigenvalue weighted by molar-refractivity contribution is -0.918. The Morgan fingerprint density at radius 1 is 1.29 bits per heavy atom. The lowest BCUT2D eigenvalue weighted by Gasteiger charge is -2.31. The van der Waals surface area contributed by atoms with E-state index in [-0.39, 0.29) is 22.9 Å². The normalized spacial score (nSPS) is 19.1. The third-order valence-electron chi connectivity index (χ3n) is 5.52. The molecular formula is C22H23FN2O3. The molecule has 4 rings (SSSR count). The standard InChI is InChI=1S/C22H23FN2O3/c1-14-11-18(26)16(13-25-9-7-24(2)8-10-25)22-20(14)21(27)19(28-22)12-15-5-3-4-6-17(15)23/h3-6,11-12,26H,7-10,13H2,1-2H3. The first-order valence-corrected chi connectivity index (χ1v) is 9.48. The van der Waals surface area contributed by atoms with E-state index >= 15 is 0 Å². The van der Waals surface area contributed by atoms with Gasteiger partial charge < -0.3 is 14.7 Å². The van der Waals surface area contributed by atoms with E-state index in [1.165, 1.54) is 23.1 Å². The van der Waals surface area contributed by atoms with Crippen molar-refractivity contribution in [2.45, 2.75) is 13.5 Å². The lowest BCUT2D eigenvalue weighted by Crippen LogP contribution is -3.13. The van der Waals surface area contributed by atoms with Crippen LogP contribution in [0.3, 0.4) is 0 Å². The maximum atomic E-state index is 14.0. The van der Waals surface area contributed by atoms with E-state index in [9.17, 15) is 14.3 Å². The van der Waals surface area contributed by atoms with Crippen LogP contribution in [0.1, 0.15) is 27.0 Å². The Hall–Kier alpha value is -2.70. The van der Waals surface area contributed by atoms with Crippen LogP contribution in [-0.4, -0.2) is 43.9 Å². The first-order valence-electron chi connectivity index (χ1n) is 9.48. The number of fused-ring (bicyclic) bond motifs is 1. The molecule has 28 heavy (non-hydrogen) atoms. The number of rotatable bonds is 3. The van der Waals surface area contributed by atoms with E-state index in [0.29, 0.717) is 29.0 Å². The Morgan fingerprint density at radius 3 is 2.71 bits per heavy atom. The molecular weight excluding hydrogens is 359 g/mol. The molecule has 5 nitrogen and oxygen atoms in total. The van der Waals surface area contributed by atoms with Gasteiger partial charge in [0, 0.05) is 24.2 Å². The average Bonchev–Trinajstić information content (AvgIpc) is 2.99. The van der Waals surface area contributed by atoms with Crippen LogP contribution in [0.2, 0.25) is 0 Å². The number of ketones is 1. The summed E-state index contributed by atoms with van der Waals surface area (Å²) in [6.45, 7) is 6.07. The molecule has 2 aromatic carbocycles. The number of benzene rings is 2. The quantitative estimate of drug-likeness (QED) is 0.810. The second-order valence-corrected chi connectivity index (χ2v) is 7.57. The third kappa shape index (κ3) is 3.41. The predicted octanol–water partition coefficient (Wildman–Crippen LogP) is 1.15. The number of quaternary nitrogens is 1. The summed E-state index contributed by atoms with van der Waals surface area (Å²) in [6.07, 6.45) is 1.41. The molecule has 1 fully saturated rings. The van der Waals surface area contributed by atoms with Crippen LogP contribution in [0.15, 0.2) is 36.1 Å². The summed E-state index contributed by atoms with van der Waals surface area (Å²) in [6, 6.07) is 7.72. The van der Waals surface area contributed by atoms with E-state index in [1.54, 1.807) is 25.1 Å². The summed E-state index contributed by atoms with van der Waals surface area (Å²) < 4.78 is 19.8. The van der Waals surface area contributed by atoms with Gasteiger partial charge in [-0.1, -0.05) is 30.0 Å². The minimum Gasteiger partial charge on any atom is -0.872 e. The molecule has 0 amide bonds. The zero-order chi connectivity index (χ0) is 19.8. The lowest BCUT2D eigenvalue weighted by atomic mass is 9.99. The number of carbonyl (C=O) groups excluding carboxylic acids is 1. The van der Waals surface area contributed by atoms with Gasteiger partial charge in [-0.15, -0.1) is 0 Å². The third-order valence-corrected chi connectivity index (χ3v) is 5.52. The van der Waals surface area contributed by atoms with Crippen molar-refractivity contribution in [2.75, 3.05) is 33.2 Å². The van der Waals surface area contributed by atoms with Crippen LogP contribution in [0.5, 0.6) is 11.5 Å². The number of carbonyl (C=O) groups is 1. The highest BCUT2D eigenvalue weighted by Crippen LogP contribution is 2.40. The van der Waals surface area contributed by atoms with E-state index in [0.717, 1.165) is 26.2 Å². The summed E-state index contributed by atoms with van der Waals surface area (Å²) in [4.78, 5) is 16.5. The van der Waals surface area contributed by atoms with Gasteiger partial charge in [0.2, 0.25) is 5.78 Å². The van der Waals surface area contributed by atoms with Crippen molar-refractivity contribution in [1.29, 1.82) is 0 Å². The number of aryl methyl sites for hydroxylation is 1. The van der Waals surface area contributed by atoms with Gasteiger partial charge in [0.05, 0.1) is 18.7 Å². The second-order valence-electron chi connectivity index (χ2n) is 7.57. The molecule has 2 aliphatic rings. The summed E-state index contributed by atoms with van der Waals surface area (Å²) >= 11 is 0.